The molecule has 2 aromatic rings. The molecule has 3 N–H and O–H groups in total. The number of likely N-dealkylation sites (tertiary alicyclic amines) is 1. The fourth-order valence-corrected chi connectivity index (χ4v) is 5.72. The number of anilines is 2. The zero-order valence-electron chi connectivity index (χ0n) is 22.2. The number of alkyl halides is 3. The first-order chi connectivity index (χ1) is 18.8. The number of rotatable bonds is 5. The van der Waals surface area contributed by atoms with E-state index in [1.54, 1.807) is 18.3 Å². The Bertz CT molecular complexity index is 1380. The van der Waals surface area contributed by atoms with Crippen LogP contribution in [-0.2, 0) is 37.4 Å². The Morgan fingerprint density at radius 1 is 1.10 bits per heavy atom. The highest BCUT2D eigenvalue weighted by atomic mass is 19.4. The van der Waals surface area contributed by atoms with Crippen molar-refractivity contribution in [3.8, 4) is 0 Å². The van der Waals surface area contributed by atoms with Gasteiger partial charge in [0.2, 0.25) is 23.6 Å². The van der Waals surface area contributed by atoms with Gasteiger partial charge < -0.3 is 20.9 Å². The van der Waals surface area contributed by atoms with Gasteiger partial charge in [-0.05, 0) is 68.9 Å². The molecule has 1 aromatic heterocycles. The van der Waals surface area contributed by atoms with Gasteiger partial charge in [0.15, 0.2) is 0 Å². The fraction of sp³-hybridized carbons (Fsp3) is 0.464. The Hall–Kier alpha value is -3.96. The lowest BCUT2D eigenvalue weighted by Gasteiger charge is -2.37. The summed E-state index contributed by atoms with van der Waals surface area (Å²) in [5.74, 6) is -1.84. The molecule has 3 heterocycles. The van der Waals surface area contributed by atoms with Crippen molar-refractivity contribution in [3.63, 3.8) is 0 Å². The number of carbonyl (C=O) groups is 4. The van der Waals surface area contributed by atoms with E-state index in [1.165, 1.54) is 0 Å². The lowest BCUT2D eigenvalue weighted by Crippen LogP contribution is -2.52. The van der Waals surface area contributed by atoms with Crippen molar-refractivity contribution in [1.82, 2.24) is 15.2 Å². The third kappa shape index (κ3) is 4.79. The summed E-state index contributed by atoms with van der Waals surface area (Å²) in [5.41, 5.74) is 0.155. The van der Waals surface area contributed by atoms with Crippen LogP contribution in [0.1, 0.15) is 43.4 Å². The zero-order valence-corrected chi connectivity index (χ0v) is 22.2. The highest BCUT2D eigenvalue weighted by molar-refractivity contribution is 6.06. The molecule has 1 aliphatic carbocycles. The van der Waals surface area contributed by atoms with E-state index in [2.05, 4.69) is 20.9 Å². The number of carbonyl (C=O) groups excluding carboxylic acids is 4. The molecule has 0 saturated carbocycles. The lowest BCUT2D eigenvalue weighted by molar-refractivity contribution is -0.217. The molecular weight excluding hydrogens is 527 g/mol. The van der Waals surface area contributed by atoms with Gasteiger partial charge >= 0.3 is 6.18 Å². The van der Waals surface area contributed by atoms with Crippen molar-refractivity contribution in [1.29, 1.82) is 0 Å². The monoisotopic (exact) mass is 557 g/mol. The average Bonchev–Trinajstić information content (AvgIpc) is 3.43. The van der Waals surface area contributed by atoms with Gasteiger partial charge in [-0.25, -0.2) is 4.98 Å². The summed E-state index contributed by atoms with van der Waals surface area (Å²) in [4.78, 5) is 55.8. The van der Waals surface area contributed by atoms with E-state index in [1.807, 2.05) is 18.2 Å². The molecule has 9 nitrogen and oxygen atoms in total. The quantitative estimate of drug-likeness (QED) is 0.522. The minimum absolute atomic E-state index is 0.0395. The summed E-state index contributed by atoms with van der Waals surface area (Å²) in [6.07, 6.45) is -1.59. The fourth-order valence-electron chi connectivity index (χ4n) is 5.72. The van der Waals surface area contributed by atoms with Crippen LogP contribution in [0.15, 0.2) is 36.5 Å². The molecule has 1 aromatic carbocycles. The Labute approximate surface area is 228 Å². The summed E-state index contributed by atoms with van der Waals surface area (Å²) >= 11 is 0. The van der Waals surface area contributed by atoms with Gasteiger partial charge in [0.25, 0.3) is 0 Å². The minimum Gasteiger partial charge on any atom is -0.347 e. The maximum atomic E-state index is 13.2. The molecule has 12 heteroatoms. The van der Waals surface area contributed by atoms with E-state index in [-0.39, 0.29) is 44.3 Å². The Kier molecular flexibility index (Phi) is 6.83. The van der Waals surface area contributed by atoms with Crippen molar-refractivity contribution >= 4 is 35.1 Å². The number of amides is 4. The zero-order chi connectivity index (χ0) is 28.9. The van der Waals surface area contributed by atoms with Gasteiger partial charge in [-0.15, -0.1) is 0 Å². The lowest BCUT2D eigenvalue weighted by atomic mass is 9.79. The van der Waals surface area contributed by atoms with Crippen molar-refractivity contribution in [2.45, 2.75) is 51.1 Å². The second kappa shape index (κ2) is 9.90. The molecular formula is C28H30F3N5O4. The van der Waals surface area contributed by atoms with Gasteiger partial charge in [0, 0.05) is 36.5 Å². The number of nitrogens with one attached hydrogen (secondary N) is 3. The first-order valence-electron chi connectivity index (χ1n) is 13.1. The molecule has 1 fully saturated rings. The maximum absolute atomic E-state index is 13.2. The number of hydrogen-bond acceptors (Lipinski definition) is 5. The van der Waals surface area contributed by atoms with Crippen LogP contribution in [0, 0.1) is 11.3 Å². The number of fused-ring (bicyclic) bond motifs is 3. The van der Waals surface area contributed by atoms with Crippen LogP contribution in [0.5, 0.6) is 0 Å². The normalized spacial score (nSPS) is 20.6. The molecule has 0 bridgehead atoms. The topological polar surface area (TPSA) is 121 Å². The molecule has 1 atom stereocenters. The van der Waals surface area contributed by atoms with Crippen molar-refractivity contribution in [3.05, 3.63) is 53.2 Å². The number of benzene rings is 1. The molecule has 1 unspecified atom stereocenters. The van der Waals surface area contributed by atoms with Crippen LogP contribution in [0.4, 0.5) is 24.7 Å². The van der Waals surface area contributed by atoms with Gasteiger partial charge in [0.05, 0.1) is 12.0 Å². The predicted octanol–water partition coefficient (Wildman–Crippen LogP) is 2.95. The number of piperidine rings is 1. The van der Waals surface area contributed by atoms with Crippen molar-refractivity contribution in [2.24, 2.45) is 11.3 Å². The Morgan fingerprint density at radius 2 is 1.80 bits per heavy atom. The van der Waals surface area contributed by atoms with E-state index in [0.29, 0.717) is 24.3 Å². The largest absolute Gasteiger partial charge is 0.402 e. The van der Waals surface area contributed by atoms with Crippen LogP contribution < -0.4 is 16.0 Å². The second-order valence-electron chi connectivity index (χ2n) is 11.2. The minimum atomic E-state index is -4.67. The van der Waals surface area contributed by atoms with Crippen LogP contribution in [0.2, 0.25) is 0 Å². The molecule has 1 spiro atoms. The first kappa shape index (κ1) is 27.6. The highest BCUT2D eigenvalue weighted by Gasteiger charge is 2.54. The summed E-state index contributed by atoms with van der Waals surface area (Å²) in [7, 11) is 0. The van der Waals surface area contributed by atoms with Crippen LogP contribution >= 0.6 is 0 Å². The molecule has 0 radical (unpaired) electrons. The van der Waals surface area contributed by atoms with Crippen LogP contribution in [0.25, 0.3) is 0 Å². The van der Waals surface area contributed by atoms with Gasteiger partial charge in [-0.1, -0.05) is 12.1 Å². The first-order valence-corrected chi connectivity index (χ1v) is 13.1. The van der Waals surface area contributed by atoms with Crippen LogP contribution in [0.3, 0.4) is 0 Å². The number of hydrogen-bond donors (Lipinski definition) is 3. The highest BCUT2D eigenvalue weighted by Crippen LogP contribution is 2.47. The third-order valence-corrected chi connectivity index (χ3v) is 8.28. The summed E-state index contributed by atoms with van der Waals surface area (Å²) in [6.45, 7) is 1.51. The summed E-state index contributed by atoms with van der Waals surface area (Å²) in [6, 6.07) is 9.18. The number of aromatic nitrogens is 1. The van der Waals surface area contributed by atoms with E-state index in [9.17, 15) is 32.3 Å². The molecule has 2 aliphatic heterocycles. The van der Waals surface area contributed by atoms with Crippen molar-refractivity contribution < 1.29 is 32.3 Å². The SMILES string of the molecule is CC(C)(C(=O)N1CCC(C(=O)NCC(=O)Nc2ccc3c(c2)CC2(C3)C(=O)Nc3ncccc32)CC1)C(F)(F)F. The van der Waals surface area contributed by atoms with E-state index >= 15 is 0 Å². The maximum Gasteiger partial charge on any atom is 0.402 e. The summed E-state index contributed by atoms with van der Waals surface area (Å²) < 4.78 is 39.6. The number of nitrogens with zero attached hydrogens (tertiary/aromatic N) is 2. The molecule has 212 valence electrons. The standard InChI is InChI=1S/C28H30F3N5O4/c1-26(2,28(29,30)31)25(40)36-10-7-16(8-11-36)23(38)33-15-21(37)34-19-6-5-17-13-27(14-18(17)12-19)20-4-3-9-32-22(20)35-24(27)39/h3-6,9,12,16H,7-8,10-11,13-15H2,1-2H3,(H,33,38)(H,34,37)(H,32,35,39). The van der Waals surface area contributed by atoms with Gasteiger partial charge in [-0.2, -0.15) is 13.2 Å². The number of pyridine rings is 1. The van der Waals surface area contributed by atoms with E-state index in [0.717, 1.165) is 35.4 Å². The molecule has 1 saturated heterocycles. The average molecular weight is 558 g/mol. The van der Waals surface area contributed by atoms with Crippen LogP contribution in [-0.4, -0.2) is 59.3 Å². The van der Waals surface area contributed by atoms with Gasteiger partial charge in [0.1, 0.15) is 11.2 Å². The number of halogens is 3. The molecule has 5 rings (SSSR count). The Morgan fingerprint density at radius 3 is 2.50 bits per heavy atom. The van der Waals surface area contributed by atoms with E-state index < -0.39 is 34.7 Å². The molecule has 40 heavy (non-hydrogen) atoms. The van der Waals surface area contributed by atoms with E-state index in [4.69, 9.17) is 0 Å². The Balaban J connectivity index is 1.12. The summed E-state index contributed by atoms with van der Waals surface area (Å²) in [5, 5.41) is 8.21. The molecule has 3 aliphatic rings. The van der Waals surface area contributed by atoms with Gasteiger partial charge in [-0.3, -0.25) is 19.2 Å². The van der Waals surface area contributed by atoms with Crippen molar-refractivity contribution in [2.75, 3.05) is 30.3 Å². The smallest absolute Gasteiger partial charge is 0.347 e. The second-order valence-corrected chi connectivity index (χ2v) is 11.2. The molecule has 4 amide bonds. The third-order valence-electron chi connectivity index (χ3n) is 8.28. The predicted molar refractivity (Wildman–Crippen MR) is 139 cm³/mol.